The van der Waals surface area contributed by atoms with Crippen molar-refractivity contribution in [1.29, 1.82) is 5.26 Å². The molecule has 0 atom stereocenters. The second-order valence-corrected chi connectivity index (χ2v) is 3.34. The summed E-state index contributed by atoms with van der Waals surface area (Å²) in [6.45, 7) is 0.0801. The Hall–Kier alpha value is -1.41. The van der Waals surface area contributed by atoms with E-state index in [9.17, 15) is 4.79 Å². The van der Waals surface area contributed by atoms with Gasteiger partial charge in [-0.1, -0.05) is 0 Å². The van der Waals surface area contributed by atoms with Crippen molar-refractivity contribution in [3.63, 3.8) is 0 Å². The van der Waals surface area contributed by atoms with Crippen molar-refractivity contribution < 1.29 is 4.79 Å². The highest BCUT2D eigenvalue weighted by molar-refractivity contribution is 7.09. The number of nitriles is 1. The monoisotopic (exact) mass is 195 g/mol. The molecule has 0 aliphatic carbocycles. The first kappa shape index (κ1) is 9.68. The third-order valence-electron chi connectivity index (χ3n) is 1.41. The van der Waals surface area contributed by atoms with Crippen LogP contribution in [0, 0.1) is 11.3 Å². The quantitative estimate of drug-likeness (QED) is 0.720. The Morgan fingerprint density at radius 2 is 2.62 bits per heavy atom. The molecule has 4 nitrogen and oxygen atoms in total. The molecule has 1 N–H and O–H groups in total. The molecular formula is C8H9N3OS. The van der Waals surface area contributed by atoms with E-state index >= 15 is 0 Å². The lowest BCUT2D eigenvalue weighted by Crippen LogP contribution is -2.23. The van der Waals surface area contributed by atoms with Crippen molar-refractivity contribution in [3.05, 3.63) is 16.6 Å². The molecule has 0 unspecified atom stereocenters. The van der Waals surface area contributed by atoms with Gasteiger partial charge in [0, 0.05) is 24.4 Å². The standard InChI is InChI=1S/C8H9N3OS/c9-3-4-10-7(12)1-2-8-11-5-6-13-8/h5-6H,1-2,4H2,(H,10,12). The average molecular weight is 195 g/mol. The first-order valence-corrected chi connectivity index (χ1v) is 4.73. The summed E-state index contributed by atoms with van der Waals surface area (Å²) >= 11 is 1.53. The van der Waals surface area contributed by atoms with Gasteiger partial charge in [-0.25, -0.2) is 4.98 Å². The van der Waals surface area contributed by atoms with E-state index in [4.69, 9.17) is 5.26 Å². The van der Waals surface area contributed by atoms with Crippen LogP contribution in [0.3, 0.4) is 0 Å². The molecule has 0 aliphatic rings. The van der Waals surface area contributed by atoms with Gasteiger partial charge in [-0.2, -0.15) is 5.26 Å². The minimum atomic E-state index is -0.100. The molecular weight excluding hydrogens is 186 g/mol. The molecule has 0 fully saturated rings. The van der Waals surface area contributed by atoms with Crippen LogP contribution in [0.2, 0.25) is 0 Å². The van der Waals surface area contributed by atoms with E-state index in [2.05, 4.69) is 10.3 Å². The van der Waals surface area contributed by atoms with Crippen LogP contribution in [-0.4, -0.2) is 17.4 Å². The maximum absolute atomic E-state index is 11.0. The fourth-order valence-electron chi connectivity index (χ4n) is 0.823. The van der Waals surface area contributed by atoms with E-state index in [1.54, 1.807) is 6.20 Å². The van der Waals surface area contributed by atoms with Crippen molar-refractivity contribution in [2.75, 3.05) is 6.54 Å². The van der Waals surface area contributed by atoms with Gasteiger partial charge < -0.3 is 5.32 Å². The van der Waals surface area contributed by atoms with Crippen molar-refractivity contribution in [2.45, 2.75) is 12.8 Å². The third kappa shape index (κ3) is 3.67. The highest BCUT2D eigenvalue weighted by atomic mass is 32.1. The zero-order valence-electron chi connectivity index (χ0n) is 6.99. The smallest absolute Gasteiger partial charge is 0.221 e. The highest BCUT2D eigenvalue weighted by Gasteiger charge is 2.02. The fraction of sp³-hybridized carbons (Fsp3) is 0.375. The first-order valence-electron chi connectivity index (χ1n) is 3.85. The topological polar surface area (TPSA) is 65.8 Å². The lowest BCUT2D eigenvalue weighted by atomic mass is 10.3. The molecule has 0 saturated carbocycles. The Labute approximate surface area is 80.2 Å². The summed E-state index contributed by atoms with van der Waals surface area (Å²) in [6.07, 6.45) is 2.76. The Kier molecular flexibility index (Phi) is 3.93. The molecule has 68 valence electrons. The SMILES string of the molecule is N#CCNC(=O)CCc1nccs1. The molecule has 0 spiro atoms. The number of rotatable bonds is 4. The van der Waals surface area contributed by atoms with Crippen molar-refractivity contribution >= 4 is 17.2 Å². The van der Waals surface area contributed by atoms with Crippen LogP contribution in [0.1, 0.15) is 11.4 Å². The lowest BCUT2D eigenvalue weighted by molar-refractivity contribution is -0.120. The maximum Gasteiger partial charge on any atom is 0.221 e. The zero-order valence-corrected chi connectivity index (χ0v) is 7.80. The number of aromatic nitrogens is 1. The molecule has 0 radical (unpaired) electrons. The number of nitrogens with zero attached hydrogens (tertiary/aromatic N) is 2. The van der Waals surface area contributed by atoms with Crippen LogP contribution in [0.4, 0.5) is 0 Å². The highest BCUT2D eigenvalue weighted by Crippen LogP contribution is 2.06. The fourth-order valence-corrected chi connectivity index (χ4v) is 1.44. The van der Waals surface area contributed by atoms with Crippen LogP contribution in [0.15, 0.2) is 11.6 Å². The van der Waals surface area contributed by atoms with Gasteiger partial charge in [-0.05, 0) is 0 Å². The van der Waals surface area contributed by atoms with Crippen LogP contribution in [0.5, 0.6) is 0 Å². The summed E-state index contributed by atoms with van der Waals surface area (Å²) in [5.41, 5.74) is 0. The molecule has 1 aromatic rings. The van der Waals surface area contributed by atoms with Gasteiger partial charge >= 0.3 is 0 Å². The van der Waals surface area contributed by atoms with Gasteiger partial charge in [-0.15, -0.1) is 11.3 Å². The number of hydrogen-bond donors (Lipinski definition) is 1. The molecule has 1 heterocycles. The average Bonchev–Trinajstić information content (AvgIpc) is 2.64. The molecule has 1 aromatic heterocycles. The molecule has 1 rings (SSSR count). The predicted octanol–water partition coefficient (Wildman–Crippen LogP) is 0.715. The summed E-state index contributed by atoms with van der Waals surface area (Å²) in [7, 11) is 0. The van der Waals surface area contributed by atoms with E-state index < -0.39 is 0 Å². The van der Waals surface area contributed by atoms with Gasteiger partial charge in [0.2, 0.25) is 5.91 Å². The van der Waals surface area contributed by atoms with E-state index in [1.807, 2.05) is 11.4 Å². The normalized spacial score (nSPS) is 9.15. The van der Waals surface area contributed by atoms with Crippen LogP contribution in [-0.2, 0) is 11.2 Å². The van der Waals surface area contributed by atoms with Crippen LogP contribution >= 0.6 is 11.3 Å². The molecule has 0 bridgehead atoms. The minimum Gasteiger partial charge on any atom is -0.343 e. The second-order valence-electron chi connectivity index (χ2n) is 2.36. The second kappa shape index (κ2) is 5.27. The molecule has 1 amide bonds. The largest absolute Gasteiger partial charge is 0.343 e. The Balaban J connectivity index is 2.20. The number of carbonyl (C=O) groups excluding carboxylic acids is 1. The zero-order chi connectivity index (χ0) is 9.52. The molecule has 0 saturated heterocycles. The van der Waals surface area contributed by atoms with Crippen LogP contribution in [0.25, 0.3) is 0 Å². The molecule has 0 aromatic carbocycles. The Bertz CT molecular complexity index is 302. The number of carbonyl (C=O) groups is 1. The Morgan fingerprint density at radius 3 is 3.23 bits per heavy atom. The van der Waals surface area contributed by atoms with E-state index in [1.165, 1.54) is 11.3 Å². The van der Waals surface area contributed by atoms with E-state index in [-0.39, 0.29) is 12.5 Å². The predicted molar refractivity (Wildman–Crippen MR) is 49.1 cm³/mol. The van der Waals surface area contributed by atoms with E-state index in [0.717, 1.165) is 5.01 Å². The third-order valence-corrected chi connectivity index (χ3v) is 2.25. The molecule has 13 heavy (non-hydrogen) atoms. The number of amides is 1. The van der Waals surface area contributed by atoms with Gasteiger partial charge in [-0.3, -0.25) is 4.79 Å². The van der Waals surface area contributed by atoms with Gasteiger partial charge in [0.05, 0.1) is 11.1 Å². The van der Waals surface area contributed by atoms with Crippen molar-refractivity contribution in [2.24, 2.45) is 0 Å². The summed E-state index contributed by atoms with van der Waals surface area (Å²) in [5, 5.41) is 13.5. The molecule has 0 aliphatic heterocycles. The number of thiazole rings is 1. The summed E-state index contributed by atoms with van der Waals surface area (Å²) < 4.78 is 0. The van der Waals surface area contributed by atoms with Crippen molar-refractivity contribution in [3.8, 4) is 6.07 Å². The first-order chi connectivity index (χ1) is 6.33. The molecule has 5 heteroatoms. The van der Waals surface area contributed by atoms with Gasteiger partial charge in [0.1, 0.15) is 6.54 Å². The lowest BCUT2D eigenvalue weighted by Gasteiger charge is -1.97. The van der Waals surface area contributed by atoms with Gasteiger partial charge in [0.25, 0.3) is 0 Å². The van der Waals surface area contributed by atoms with Gasteiger partial charge in [0.15, 0.2) is 0 Å². The van der Waals surface area contributed by atoms with Crippen molar-refractivity contribution in [1.82, 2.24) is 10.3 Å². The Morgan fingerprint density at radius 1 is 1.77 bits per heavy atom. The minimum absolute atomic E-state index is 0.0801. The summed E-state index contributed by atoms with van der Waals surface area (Å²) in [5.74, 6) is -0.100. The van der Waals surface area contributed by atoms with E-state index in [0.29, 0.717) is 12.8 Å². The number of nitrogens with one attached hydrogen (secondary N) is 1. The maximum atomic E-state index is 11.0. The summed E-state index contributed by atoms with van der Waals surface area (Å²) in [4.78, 5) is 15.1. The van der Waals surface area contributed by atoms with Crippen LogP contribution < -0.4 is 5.32 Å². The summed E-state index contributed by atoms with van der Waals surface area (Å²) in [6, 6.07) is 1.85. The number of hydrogen-bond acceptors (Lipinski definition) is 4. The number of aryl methyl sites for hydroxylation is 1.